The molecule has 1 unspecified atom stereocenters. The Hall–Kier alpha value is -1.30. The standard InChI is InChI=1S/C12H25N3O3/c1-5-15(10(2)9-11(16)17)12(18)13-7-6-8-14(3)4/h10H,5-9H2,1-4H3,(H,13,18)(H,16,17). The first-order valence-electron chi connectivity index (χ1n) is 6.29. The van der Waals surface area contributed by atoms with Crippen molar-refractivity contribution in [1.82, 2.24) is 15.1 Å². The lowest BCUT2D eigenvalue weighted by Gasteiger charge is -2.27. The second-order valence-electron chi connectivity index (χ2n) is 4.62. The number of carboxylic acids is 1. The van der Waals surface area contributed by atoms with Gasteiger partial charge in [0.05, 0.1) is 6.42 Å². The molecule has 106 valence electrons. The van der Waals surface area contributed by atoms with Crippen LogP contribution in [0.25, 0.3) is 0 Å². The molecule has 0 spiro atoms. The van der Waals surface area contributed by atoms with Crippen LogP contribution in [-0.4, -0.2) is 66.7 Å². The highest BCUT2D eigenvalue weighted by Gasteiger charge is 2.20. The second kappa shape index (κ2) is 8.74. The summed E-state index contributed by atoms with van der Waals surface area (Å²) in [7, 11) is 3.96. The molecular formula is C12H25N3O3. The van der Waals surface area contributed by atoms with E-state index in [0.717, 1.165) is 13.0 Å². The Kier molecular flexibility index (Phi) is 8.11. The van der Waals surface area contributed by atoms with E-state index in [1.807, 2.05) is 21.0 Å². The van der Waals surface area contributed by atoms with Crippen LogP contribution in [0.15, 0.2) is 0 Å². The number of nitrogens with one attached hydrogen (secondary N) is 1. The number of hydrogen-bond acceptors (Lipinski definition) is 3. The molecule has 0 fully saturated rings. The highest BCUT2D eigenvalue weighted by molar-refractivity contribution is 5.75. The molecule has 0 saturated heterocycles. The number of amides is 2. The highest BCUT2D eigenvalue weighted by atomic mass is 16.4. The van der Waals surface area contributed by atoms with Gasteiger partial charge in [0, 0.05) is 19.1 Å². The number of carbonyl (C=O) groups is 2. The van der Waals surface area contributed by atoms with Crippen molar-refractivity contribution in [1.29, 1.82) is 0 Å². The van der Waals surface area contributed by atoms with E-state index in [2.05, 4.69) is 10.2 Å². The van der Waals surface area contributed by atoms with Crippen LogP contribution in [0.2, 0.25) is 0 Å². The molecule has 0 aromatic rings. The molecule has 0 aromatic carbocycles. The van der Waals surface area contributed by atoms with Gasteiger partial charge in [-0.15, -0.1) is 0 Å². The molecular weight excluding hydrogens is 234 g/mol. The van der Waals surface area contributed by atoms with Crippen molar-refractivity contribution in [2.75, 3.05) is 33.7 Å². The van der Waals surface area contributed by atoms with Crippen molar-refractivity contribution in [2.45, 2.75) is 32.7 Å². The maximum Gasteiger partial charge on any atom is 0.317 e. The van der Waals surface area contributed by atoms with Crippen LogP contribution in [-0.2, 0) is 4.79 Å². The molecule has 0 aromatic heterocycles. The van der Waals surface area contributed by atoms with Gasteiger partial charge in [0.15, 0.2) is 0 Å². The van der Waals surface area contributed by atoms with E-state index in [1.54, 1.807) is 11.8 Å². The van der Waals surface area contributed by atoms with Crippen molar-refractivity contribution in [2.24, 2.45) is 0 Å². The fourth-order valence-corrected chi connectivity index (χ4v) is 1.71. The van der Waals surface area contributed by atoms with Crippen LogP contribution in [0.5, 0.6) is 0 Å². The smallest absolute Gasteiger partial charge is 0.317 e. The van der Waals surface area contributed by atoms with Crippen LogP contribution in [0, 0.1) is 0 Å². The van der Waals surface area contributed by atoms with E-state index in [9.17, 15) is 9.59 Å². The maximum atomic E-state index is 11.9. The number of carbonyl (C=O) groups excluding carboxylic acids is 1. The fourth-order valence-electron chi connectivity index (χ4n) is 1.71. The molecule has 18 heavy (non-hydrogen) atoms. The average Bonchev–Trinajstić information content (AvgIpc) is 2.24. The second-order valence-corrected chi connectivity index (χ2v) is 4.62. The number of nitrogens with zero attached hydrogens (tertiary/aromatic N) is 2. The molecule has 0 aliphatic rings. The van der Waals surface area contributed by atoms with Crippen LogP contribution in [0.3, 0.4) is 0 Å². The molecule has 0 bridgehead atoms. The molecule has 0 aliphatic carbocycles. The predicted molar refractivity (Wildman–Crippen MR) is 70.7 cm³/mol. The first-order chi connectivity index (χ1) is 8.38. The van der Waals surface area contributed by atoms with Gasteiger partial charge in [-0.1, -0.05) is 0 Å². The van der Waals surface area contributed by atoms with E-state index in [1.165, 1.54) is 0 Å². The molecule has 6 nitrogen and oxygen atoms in total. The SMILES string of the molecule is CCN(C(=O)NCCCN(C)C)C(C)CC(=O)O. The molecule has 0 aliphatic heterocycles. The van der Waals surface area contributed by atoms with Crippen LogP contribution >= 0.6 is 0 Å². The third kappa shape index (κ3) is 7.11. The molecule has 0 radical (unpaired) electrons. The molecule has 6 heteroatoms. The maximum absolute atomic E-state index is 11.9. The van der Waals surface area contributed by atoms with Gasteiger partial charge in [-0.25, -0.2) is 4.79 Å². The largest absolute Gasteiger partial charge is 0.481 e. The molecule has 0 heterocycles. The number of hydrogen-bond donors (Lipinski definition) is 2. The zero-order valence-electron chi connectivity index (χ0n) is 11.8. The lowest BCUT2D eigenvalue weighted by Crippen LogP contribution is -2.46. The Morgan fingerprint density at radius 3 is 2.39 bits per heavy atom. The molecule has 2 amide bonds. The Bertz CT molecular complexity index is 269. The molecule has 0 rings (SSSR count). The Morgan fingerprint density at radius 2 is 1.94 bits per heavy atom. The van der Waals surface area contributed by atoms with Gasteiger partial charge in [0.2, 0.25) is 0 Å². The zero-order valence-corrected chi connectivity index (χ0v) is 11.8. The molecule has 1 atom stereocenters. The fraction of sp³-hybridized carbons (Fsp3) is 0.833. The number of urea groups is 1. The summed E-state index contributed by atoms with van der Waals surface area (Å²) in [6, 6.07) is -0.480. The Morgan fingerprint density at radius 1 is 1.33 bits per heavy atom. The first-order valence-corrected chi connectivity index (χ1v) is 6.29. The van der Waals surface area contributed by atoms with Gasteiger partial charge in [-0.05, 0) is 40.9 Å². The minimum Gasteiger partial charge on any atom is -0.481 e. The zero-order chi connectivity index (χ0) is 14.1. The van der Waals surface area contributed by atoms with E-state index in [0.29, 0.717) is 13.1 Å². The third-order valence-electron chi connectivity index (χ3n) is 2.66. The number of carboxylic acid groups (broad SMARTS) is 1. The lowest BCUT2D eigenvalue weighted by molar-refractivity contribution is -0.138. The van der Waals surface area contributed by atoms with Crippen molar-refractivity contribution < 1.29 is 14.7 Å². The van der Waals surface area contributed by atoms with Crippen molar-refractivity contribution >= 4 is 12.0 Å². The third-order valence-corrected chi connectivity index (χ3v) is 2.66. The quantitative estimate of drug-likeness (QED) is 0.633. The van der Waals surface area contributed by atoms with Gasteiger partial charge in [0.1, 0.15) is 0 Å². The summed E-state index contributed by atoms with van der Waals surface area (Å²) >= 11 is 0. The van der Waals surface area contributed by atoms with Crippen LogP contribution in [0.4, 0.5) is 4.79 Å². The van der Waals surface area contributed by atoms with E-state index in [-0.39, 0.29) is 18.5 Å². The summed E-state index contributed by atoms with van der Waals surface area (Å²) in [4.78, 5) is 26.1. The number of rotatable bonds is 8. The Labute approximate surface area is 109 Å². The van der Waals surface area contributed by atoms with Crippen LogP contribution in [0.1, 0.15) is 26.7 Å². The predicted octanol–water partition coefficient (Wildman–Crippen LogP) is 0.833. The number of aliphatic carboxylic acids is 1. The summed E-state index contributed by atoms with van der Waals surface area (Å²) < 4.78 is 0. The summed E-state index contributed by atoms with van der Waals surface area (Å²) in [6.07, 6.45) is 0.850. The summed E-state index contributed by atoms with van der Waals surface area (Å²) in [5, 5.41) is 11.5. The van der Waals surface area contributed by atoms with E-state index >= 15 is 0 Å². The van der Waals surface area contributed by atoms with Gasteiger partial charge in [-0.3, -0.25) is 4.79 Å². The summed E-state index contributed by atoms with van der Waals surface area (Å²) in [6.45, 7) is 5.62. The van der Waals surface area contributed by atoms with E-state index in [4.69, 9.17) is 5.11 Å². The summed E-state index contributed by atoms with van der Waals surface area (Å²) in [5.41, 5.74) is 0. The normalized spacial score (nSPS) is 12.3. The first kappa shape index (κ1) is 16.7. The molecule has 0 saturated carbocycles. The van der Waals surface area contributed by atoms with Gasteiger partial charge in [0.25, 0.3) is 0 Å². The van der Waals surface area contributed by atoms with Crippen molar-refractivity contribution in [3.63, 3.8) is 0 Å². The Balaban J connectivity index is 4.06. The molecule has 2 N–H and O–H groups in total. The van der Waals surface area contributed by atoms with Crippen molar-refractivity contribution in [3.05, 3.63) is 0 Å². The highest BCUT2D eigenvalue weighted by Crippen LogP contribution is 2.04. The van der Waals surface area contributed by atoms with Gasteiger partial charge in [-0.2, -0.15) is 0 Å². The minimum absolute atomic E-state index is 0.0288. The monoisotopic (exact) mass is 259 g/mol. The van der Waals surface area contributed by atoms with E-state index < -0.39 is 5.97 Å². The topological polar surface area (TPSA) is 72.9 Å². The average molecular weight is 259 g/mol. The summed E-state index contributed by atoms with van der Waals surface area (Å²) in [5.74, 6) is -0.888. The van der Waals surface area contributed by atoms with Gasteiger partial charge >= 0.3 is 12.0 Å². The van der Waals surface area contributed by atoms with Crippen LogP contribution < -0.4 is 5.32 Å². The van der Waals surface area contributed by atoms with Gasteiger partial charge < -0.3 is 20.2 Å². The minimum atomic E-state index is -0.888. The lowest BCUT2D eigenvalue weighted by atomic mass is 10.2. The van der Waals surface area contributed by atoms with Crippen molar-refractivity contribution in [3.8, 4) is 0 Å².